The summed E-state index contributed by atoms with van der Waals surface area (Å²) in [6.07, 6.45) is 14.9. The molecule has 0 heterocycles. The van der Waals surface area contributed by atoms with Crippen LogP contribution in [0.5, 0.6) is 0 Å². The fourth-order valence-corrected chi connectivity index (χ4v) is 4.62. The highest BCUT2D eigenvalue weighted by molar-refractivity contribution is 5.44. The maximum absolute atomic E-state index is 3.32. The molecule has 154 valence electrons. The zero-order chi connectivity index (χ0) is 20.3. The first-order valence-corrected chi connectivity index (χ1v) is 12.0. The number of benzene rings is 2. The molecule has 2 aromatic carbocycles. The van der Waals surface area contributed by atoms with Gasteiger partial charge < -0.3 is 0 Å². The van der Waals surface area contributed by atoms with Gasteiger partial charge in [0.2, 0.25) is 0 Å². The molecule has 0 atom stereocenters. The Morgan fingerprint density at radius 3 is 1.59 bits per heavy atom. The SMILES string of the molecule is CCCCc1ccc(C#Cc2ccc(CC[C@H]3CC[C@H](CCC)CC3)cc2)cc1. The minimum absolute atomic E-state index is 0.947. The molecule has 0 aromatic heterocycles. The van der Waals surface area contributed by atoms with Crippen LogP contribution in [0.4, 0.5) is 0 Å². The lowest BCUT2D eigenvalue weighted by atomic mass is 9.78. The van der Waals surface area contributed by atoms with Gasteiger partial charge in [-0.2, -0.15) is 0 Å². The summed E-state index contributed by atoms with van der Waals surface area (Å²) in [5.74, 6) is 8.60. The van der Waals surface area contributed by atoms with Crippen molar-refractivity contribution in [3.8, 4) is 11.8 Å². The van der Waals surface area contributed by atoms with Crippen LogP contribution < -0.4 is 0 Å². The summed E-state index contributed by atoms with van der Waals surface area (Å²) in [5.41, 5.74) is 5.10. The molecule has 0 N–H and O–H groups in total. The van der Waals surface area contributed by atoms with Crippen molar-refractivity contribution in [1.29, 1.82) is 0 Å². The molecule has 1 aliphatic carbocycles. The second-order valence-electron chi connectivity index (χ2n) is 8.96. The molecule has 1 fully saturated rings. The second kappa shape index (κ2) is 11.9. The van der Waals surface area contributed by atoms with E-state index in [1.54, 1.807) is 0 Å². The van der Waals surface area contributed by atoms with Crippen LogP contribution in [0, 0.1) is 23.7 Å². The minimum atomic E-state index is 0.947. The molecule has 0 bridgehead atoms. The van der Waals surface area contributed by atoms with E-state index in [1.807, 2.05) is 0 Å². The quantitative estimate of drug-likeness (QED) is 0.403. The lowest BCUT2D eigenvalue weighted by Gasteiger charge is -2.28. The summed E-state index contributed by atoms with van der Waals surface area (Å²) < 4.78 is 0. The average Bonchev–Trinajstić information content (AvgIpc) is 2.77. The molecule has 1 saturated carbocycles. The van der Waals surface area contributed by atoms with E-state index >= 15 is 0 Å². The van der Waals surface area contributed by atoms with Gasteiger partial charge in [0, 0.05) is 11.1 Å². The van der Waals surface area contributed by atoms with Gasteiger partial charge in [-0.25, -0.2) is 0 Å². The van der Waals surface area contributed by atoms with E-state index in [9.17, 15) is 0 Å². The Hall–Kier alpha value is -2.00. The van der Waals surface area contributed by atoms with Crippen LogP contribution in [0.1, 0.15) is 93.9 Å². The number of rotatable bonds is 8. The summed E-state index contributed by atoms with van der Waals surface area (Å²) in [6.45, 7) is 4.56. The number of hydrogen-bond donors (Lipinski definition) is 0. The molecular formula is C29H38. The van der Waals surface area contributed by atoms with E-state index in [2.05, 4.69) is 74.2 Å². The Kier molecular flexibility index (Phi) is 8.88. The summed E-state index contributed by atoms with van der Waals surface area (Å²) in [6, 6.07) is 17.7. The molecule has 0 heteroatoms. The Bertz CT molecular complexity index is 762. The summed E-state index contributed by atoms with van der Waals surface area (Å²) in [4.78, 5) is 0. The Morgan fingerprint density at radius 2 is 1.10 bits per heavy atom. The number of aryl methyl sites for hydroxylation is 2. The van der Waals surface area contributed by atoms with Gasteiger partial charge in [-0.1, -0.05) is 94.9 Å². The smallest absolute Gasteiger partial charge is 0.0249 e. The van der Waals surface area contributed by atoms with E-state index in [0.717, 1.165) is 23.0 Å². The van der Waals surface area contributed by atoms with Gasteiger partial charge >= 0.3 is 0 Å². The predicted molar refractivity (Wildman–Crippen MR) is 126 cm³/mol. The highest BCUT2D eigenvalue weighted by atomic mass is 14.3. The normalized spacial score (nSPS) is 18.8. The van der Waals surface area contributed by atoms with Crippen LogP contribution in [-0.4, -0.2) is 0 Å². The monoisotopic (exact) mass is 386 g/mol. The second-order valence-corrected chi connectivity index (χ2v) is 8.96. The summed E-state index contributed by atoms with van der Waals surface area (Å²) in [5, 5.41) is 0. The highest BCUT2D eigenvalue weighted by Crippen LogP contribution is 2.33. The molecule has 29 heavy (non-hydrogen) atoms. The van der Waals surface area contributed by atoms with Crippen LogP contribution in [0.2, 0.25) is 0 Å². The third-order valence-corrected chi connectivity index (χ3v) is 6.58. The predicted octanol–water partition coefficient (Wildman–Crippen LogP) is 7.97. The molecular weight excluding hydrogens is 348 g/mol. The van der Waals surface area contributed by atoms with E-state index in [0.29, 0.717) is 0 Å². The van der Waals surface area contributed by atoms with Crippen molar-refractivity contribution in [2.45, 2.75) is 84.5 Å². The van der Waals surface area contributed by atoms with Crippen molar-refractivity contribution >= 4 is 0 Å². The van der Waals surface area contributed by atoms with Crippen molar-refractivity contribution in [2.24, 2.45) is 11.8 Å². The summed E-state index contributed by atoms with van der Waals surface area (Å²) in [7, 11) is 0. The molecule has 0 nitrogen and oxygen atoms in total. The van der Waals surface area contributed by atoms with E-state index in [-0.39, 0.29) is 0 Å². The standard InChI is InChI=1S/C29H38/c1-3-5-7-25-10-14-27(15-11-25)17-19-29-22-20-28(21-23-29)18-16-26-12-8-24(6-4-2)9-13-26/h10-11,14-15,20-24,26H,3-9,12-13,16,18H2,1-2H3/t24-,26-. The van der Waals surface area contributed by atoms with Gasteiger partial charge in [-0.3, -0.25) is 0 Å². The molecule has 0 amide bonds. The Labute approximate surface area is 179 Å². The maximum atomic E-state index is 3.32. The van der Waals surface area contributed by atoms with Gasteiger partial charge in [-0.05, 0) is 72.9 Å². The maximum Gasteiger partial charge on any atom is 0.0249 e. The minimum Gasteiger partial charge on any atom is -0.0654 e. The van der Waals surface area contributed by atoms with Gasteiger partial charge in [0.05, 0.1) is 0 Å². The topological polar surface area (TPSA) is 0 Å². The lowest BCUT2D eigenvalue weighted by Crippen LogP contribution is -2.15. The molecule has 1 aliphatic rings. The van der Waals surface area contributed by atoms with Crippen molar-refractivity contribution in [3.63, 3.8) is 0 Å². The van der Waals surface area contributed by atoms with Gasteiger partial charge in [0.25, 0.3) is 0 Å². The third kappa shape index (κ3) is 7.40. The number of hydrogen-bond acceptors (Lipinski definition) is 0. The molecule has 0 unspecified atom stereocenters. The van der Waals surface area contributed by atoms with Gasteiger partial charge in [0.15, 0.2) is 0 Å². The van der Waals surface area contributed by atoms with Crippen LogP contribution in [0.25, 0.3) is 0 Å². The highest BCUT2D eigenvalue weighted by Gasteiger charge is 2.20. The zero-order valence-corrected chi connectivity index (χ0v) is 18.6. The molecule has 0 spiro atoms. The molecule has 0 radical (unpaired) electrons. The van der Waals surface area contributed by atoms with E-state index < -0.39 is 0 Å². The third-order valence-electron chi connectivity index (χ3n) is 6.58. The lowest BCUT2D eigenvalue weighted by molar-refractivity contribution is 0.252. The fraction of sp³-hybridized carbons (Fsp3) is 0.517. The van der Waals surface area contributed by atoms with E-state index in [4.69, 9.17) is 0 Å². The molecule has 3 rings (SSSR count). The first-order valence-electron chi connectivity index (χ1n) is 12.0. The van der Waals surface area contributed by atoms with Crippen LogP contribution in [0.3, 0.4) is 0 Å². The van der Waals surface area contributed by atoms with Crippen LogP contribution in [-0.2, 0) is 12.8 Å². The van der Waals surface area contributed by atoms with Crippen LogP contribution >= 0.6 is 0 Å². The molecule has 2 aromatic rings. The largest absolute Gasteiger partial charge is 0.0654 e. The average molecular weight is 387 g/mol. The number of unbranched alkanes of at least 4 members (excludes halogenated alkanes) is 1. The summed E-state index contributed by atoms with van der Waals surface area (Å²) >= 11 is 0. The fourth-order valence-electron chi connectivity index (χ4n) is 4.62. The van der Waals surface area contributed by atoms with Gasteiger partial charge in [-0.15, -0.1) is 0 Å². The van der Waals surface area contributed by atoms with Crippen molar-refractivity contribution in [2.75, 3.05) is 0 Å². The van der Waals surface area contributed by atoms with Crippen LogP contribution in [0.15, 0.2) is 48.5 Å². The molecule has 0 saturated heterocycles. The van der Waals surface area contributed by atoms with Crippen molar-refractivity contribution in [1.82, 2.24) is 0 Å². The van der Waals surface area contributed by atoms with Crippen molar-refractivity contribution < 1.29 is 0 Å². The zero-order valence-electron chi connectivity index (χ0n) is 18.6. The Balaban J connectivity index is 1.45. The Morgan fingerprint density at radius 1 is 0.621 bits per heavy atom. The van der Waals surface area contributed by atoms with E-state index in [1.165, 1.54) is 81.8 Å². The molecule has 0 aliphatic heterocycles. The van der Waals surface area contributed by atoms with Crippen molar-refractivity contribution in [3.05, 3.63) is 70.8 Å². The first-order chi connectivity index (χ1) is 14.3. The first kappa shape index (κ1) is 21.7. The van der Waals surface area contributed by atoms with Gasteiger partial charge in [0.1, 0.15) is 0 Å².